The summed E-state index contributed by atoms with van der Waals surface area (Å²) in [5.74, 6) is 0.558. The van der Waals surface area contributed by atoms with Gasteiger partial charge < -0.3 is 15.1 Å². The molecule has 28 heavy (non-hydrogen) atoms. The van der Waals surface area contributed by atoms with Gasteiger partial charge in [-0.1, -0.05) is 30.3 Å². The predicted octanol–water partition coefficient (Wildman–Crippen LogP) is 3.82. The van der Waals surface area contributed by atoms with E-state index in [0.29, 0.717) is 18.2 Å². The molecule has 1 fully saturated rings. The van der Waals surface area contributed by atoms with Crippen LogP contribution in [0.2, 0.25) is 0 Å². The smallest absolute Gasteiger partial charge is 0.124 e. The van der Waals surface area contributed by atoms with E-state index >= 15 is 0 Å². The minimum Gasteiger partial charge on any atom is -0.508 e. The number of aromatic hydroxyl groups is 2. The number of phenolic OH excluding ortho intramolecular Hbond substituents is 2. The third-order valence-electron chi connectivity index (χ3n) is 6.07. The third-order valence-corrected chi connectivity index (χ3v) is 6.07. The highest BCUT2D eigenvalue weighted by atomic mass is 16.3. The zero-order valence-corrected chi connectivity index (χ0v) is 16.6. The van der Waals surface area contributed by atoms with Crippen molar-refractivity contribution in [3.8, 4) is 11.5 Å². The molecular weight excluding hydrogens is 350 g/mol. The van der Waals surface area contributed by atoms with Gasteiger partial charge in [0.05, 0.1) is 0 Å². The number of benzene rings is 2. The molecule has 0 saturated carbocycles. The largest absolute Gasteiger partial charge is 0.508 e. The van der Waals surface area contributed by atoms with Gasteiger partial charge in [-0.2, -0.15) is 0 Å². The van der Waals surface area contributed by atoms with Crippen LogP contribution in [0.3, 0.4) is 0 Å². The molecule has 0 bridgehead atoms. The lowest BCUT2D eigenvalue weighted by molar-refractivity contribution is 0.103. The Kier molecular flexibility index (Phi) is 5.13. The first-order valence-electron chi connectivity index (χ1n) is 10.1. The maximum Gasteiger partial charge on any atom is 0.124 e. The Hall–Kier alpha value is -2.37. The lowest BCUT2D eigenvalue weighted by atomic mass is 9.87. The minimum absolute atomic E-state index is 0.0427. The molecule has 2 heterocycles. The van der Waals surface area contributed by atoms with Crippen LogP contribution in [0.15, 0.2) is 53.5 Å². The van der Waals surface area contributed by atoms with Crippen LogP contribution in [-0.2, 0) is 0 Å². The second-order valence-corrected chi connectivity index (χ2v) is 8.20. The predicted molar refractivity (Wildman–Crippen MR) is 112 cm³/mol. The average Bonchev–Trinajstić information content (AvgIpc) is 2.68. The normalized spacial score (nSPS) is 22.4. The summed E-state index contributed by atoms with van der Waals surface area (Å²) in [5.41, 5.74) is 2.21. The van der Waals surface area contributed by atoms with Crippen molar-refractivity contribution in [2.75, 3.05) is 13.1 Å². The molecule has 1 unspecified atom stereocenters. The Morgan fingerprint density at radius 3 is 2.29 bits per heavy atom. The maximum absolute atomic E-state index is 10.4. The SMILES string of the molecule is CC(C)N1CCC2(CC1)N=C(c1ccccc1O)CC(c1ccccc1O)N2. The molecule has 148 valence electrons. The van der Waals surface area contributed by atoms with E-state index in [0.717, 1.165) is 42.8 Å². The molecule has 2 aromatic rings. The van der Waals surface area contributed by atoms with Crippen LogP contribution in [0.5, 0.6) is 11.5 Å². The van der Waals surface area contributed by atoms with Crippen molar-refractivity contribution < 1.29 is 10.2 Å². The Bertz CT molecular complexity index is 870. The minimum atomic E-state index is -0.367. The van der Waals surface area contributed by atoms with Gasteiger partial charge in [0, 0.05) is 48.4 Å². The van der Waals surface area contributed by atoms with Crippen LogP contribution in [0, 0.1) is 0 Å². The Morgan fingerprint density at radius 1 is 1.00 bits per heavy atom. The molecule has 0 radical (unpaired) electrons. The molecular formula is C23H29N3O2. The number of nitrogens with zero attached hydrogens (tertiary/aromatic N) is 2. The van der Waals surface area contributed by atoms with Crippen molar-refractivity contribution in [3.05, 3.63) is 59.7 Å². The first-order valence-corrected chi connectivity index (χ1v) is 10.1. The molecule has 1 atom stereocenters. The molecule has 5 nitrogen and oxygen atoms in total. The zero-order chi connectivity index (χ0) is 19.7. The first-order chi connectivity index (χ1) is 13.5. The van der Waals surface area contributed by atoms with Gasteiger partial charge in [0.1, 0.15) is 17.2 Å². The van der Waals surface area contributed by atoms with Gasteiger partial charge >= 0.3 is 0 Å². The van der Waals surface area contributed by atoms with Crippen molar-refractivity contribution in [3.63, 3.8) is 0 Å². The molecule has 0 aromatic heterocycles. The molecule has 2 aliphatic rings. The van der Waals surface area contributed by atoms with Crippen molar-refractivity contribution in [2.24, 2.45) is 4.99 Å². The summed E-state index contributed by atoms with van der Waals surface area (Å²) < 4.78 is 0. The fourth-order valence-corrected chi connectivity index (χ4v) is 4.43. The molecule has 0 amide bonds. The van der Waals surface area contributed by atoms with Gasteiger partial charge in [-0.05, 0) is 44.9 Å². The molecule has 3 N–H and O–H groups in total. The lowest BCUT2D eigenvalue weighted by Gasteiger charge is -2.46. The van der Waals surface area contributed by atoms with Gasteiger partial charge in [0.2, 0.25) is 0 Å². The van der Waals surface area contributed by atoms with E-state index in [1.807, 2.05) is 36.4 Å². The number of nitrogens with one attached hydrogen (secondary N) is 1. The maximum atomic E-state index is 10.4. The van der Waals surface area contributed by atoms with Crippen molar-refractivity contribution in [1.29, 1.82) is 0 Å². The first kappa shape index (κ1) is 19.0. The van der Waals surface area contributed by atoms with Gasteiger partial charge in [0.25, 0.3) is 0 Å². The number of aliphatic imine (C=N–C) groups is 1. The fraction of sp³-hybridized carbons (Fsp3) is 0.435. The standard InChI is InChI=1S/C23H29N3O2/c1-16(2)26-13-11-23(12-14-26)24-19(17-7-3-5-9-21(17)27)15-20(25-23)18-8-4-6-10-22(18)28/h3-10,16,19,24,27-28H,11-15H2,1-2H3. The number of phenols is 2. The number of likely N-dealkylation sites (tertiary alicyclic amines) is 1. The summed E-state index contributed by atoms with van der Waals surface area (Å²) in [6, 6.07) is 15.4. The Balaban J connectivity index is 1.72. The highest BCUT2D eigenvalue weighted by molar-refractivity contribution is 6.03. The van der Waals surface area contributed by atoms with E-state index in [9.17, 15) is 10.2 Å². The van der Waals surface area contributed by atoms with Crippen LogP contribution in [-0.4, -0.2) is 45.6 Å². The quantitative estimate of drug-likeness (QED) is 0.758. The summed E-state index contributed by atoms with van der Waals surface area (Å²) in [6.07, 6.45) is 2.45. The van der Waals surface area contributed by atoms with E-state index < -0.39 is 0 Å². The van der Waals surface area contributed by atoms with Crippen LogP contribution in [0.25, 0.3) is 0 Å². The third kappa shape index (κ3) is 3.64. The van der Waals surface area contributed by atoms with E-state index in [-0.39, 0.29) is 17.5 Å². The number of para-hydroxylation sites is 2. The van der Waals surface area contributed by atoms with Crippen LogP contribution < -0.4 is 5.32 Å². The van der Waals surface area contributed by atoms with Gasteiger partial charge in [-0.3, -0.25) is 10.3 Å². The molecule has 1 saturated heterocycles. The van der Waals surface area contributed by atoms with E-state index in [1.54, 1.807) is 12.1 Å². The van der Waals surface area contributed by atoms with Crippen molar-refractivity contribution >= 4 is 5.71 Å². The topological polar surface area (TPSA) is 68.1 Å². The Labute approximate surface area is 166 Å². The van der Waals surface area contributed by atoms with Crippen molar-refractivity contribution in [2.45, 2.75) is 50.9 Å². The van der Waals surface area contributed by atoms with E-state index in [4.69, 9.17) is 4.99 Å². The molecule has 2 aliphatic heterocycles. The highest BCUT2D eigenvalue weighted by Crippen LogP contribution is 2.38. The molecule has 5 heteroatoms. The van der Waals surface area contributed by atoms with E-state index in [1.165, 1.54) is 0 Å². The lowest BCUT2D eigenvalue weighted by Crippen LogP contribution is -2.56. The summed E-state index contributed by atoms with van der Waals surface area (Å²) in [4.78, 5) is 7.62. The van der Waals surface area contributed by atoms with Crippen LogP contribution in [0.4, 0.5) is 0 Å². The second-order valence-electron chi connectivity index (χ2n) is 8.20. The van der Waals surface area contributed by atoms with Gasteiger partial charge in [-0.25, -0.2) is 0 Å². The number of hydrogen-bond donors (Lipinski definition) is 3. The average molecular weight is 380 g/mol. The second kappa shape index (κ2) is 7.57. The number of hydrogen-bond acceptors (Lipinski definition) is 5. The highest BCUT2D eigenvalue weighted by Gasteiger charge is 2.41. The summed E-state index contributed by atoms with van der Waals surface area (Å²) in [5, 5.41) is 24.6. The molecule has 0 aliphatic carbocycles. The van der Waals surface area contributed by atoms with Gasteiger partial charge in [-0.15, -0.1) is 0 Å². The summed E-state index contributed by atoms with van der Waals surface area (Å²) in [6.45, 7) is 6.42. The summed E-state index contributed by atoms with van der Waals surface area (Å²) >= 11 is 0. The Morgan fingerprint density at radius 2 is 1.64 bits per heavy atom. The van der Waals surface area contributed by atoms with Crippen molar-refractivity contribution in [1.82, 2.24) is 10.2 Å². The fourth-order valence-electron chi connectivity index (χ4n) is 4.43. The van der Waals surface area contributed by atoms with Crippen LogP contribution >= 0.6 is 0 Å². The van der Waals surface area contributed by atoms with E-state index in [2.05, 4.69) is 24.1 Å². The summed E-state index contributed by atoms with van der Waals surface area (Å²) in [7, 11) is 0. The monoisotopic (exact) mass is 379 g/mol. The zero-order valence-electron chi connectivity index (χ0n) is 16.6. The molecule has 4 rings (SSSR count). The van der Waals surface area contributed by atoms with Gasteiger partial charge in [0.15, 0.2) is 0 Å². The molecule has 2 aromatic carbocycles. The number of piperidine rings is 1. The van der Waals surface area contributed by atoms with Crippen LogP contribution in [0.1, 0.15) is 50.3 Å². The number of rotatable bonds is 3. The molecule has 1 spiro atoms.